The first-order chi connectivity index (χ1) is 12.8. The maximum Gasteiger partial charge on any atom is 0.324 e. The van der Waals surface area contributed by atoms with Crippen LogP contribution in [0.15, 0.2) is 41.2 Å². The Kier molecular flexibility index (Phi) is 3.56. The molecule has 1 spiro atoms. The molecule has 2 aliphatic heterocycles. The van der Waals surface area contributed by atoms with E-state index in [0.717, 1.165) is 44.5 Å². The number of piperidine rings is 1. The summed E-state index contributed by atoms with van der Waals surface area (Å²) >= 11 is 0. The minimum atomic E-state index is 0.0202. The molecule has 1 N–H and O–H groups in total. The summed E-state index contributed by atoms with van der Waals surface area (Å²) < 4.78 is 5.55. The first kappa shape index (κ1) is 15.6. The van der Waals surface area contributed by atoms with Gasteiger partial charge in [0, 0.05) is 37.3 Å². The zero-order valence-electron chi connectivity index (χ0n) is 14.9. The summed E-state index contributed by atoms with van der Waals surface area (Å²) in [6.07, 6.45) is 4.89. The smallest absolute Gasteiger partial charge is 0.324 e. The molecular formula is C19H22N6O. The second-order valence-electron chi connectivity index (χ2n) is 7.19. The zero-order chi connectivity index (χ0) is 17.6. The van der Waals surface area contributed by atoms with Crippen molar-refractivity contribution in [2.45, 2.75) is 24.8 Å². The van der Waals surface area contributed by atoms with E-state index in [2.05, 4.69) is 37.0 Å². The molecule has 0 atom stereocenters. The highest BCUT2D eigenvalue weighted by Gasteiger charge is 2.45. The van der Waals surface area contributed by atoms with E-state index >= 15 is 0 Å². The number of aromatic nitrogens is 4. The Morgan fingerprint density at radius 1 is 1.12 bits per heavy atom. The Morgan fingerprint density at radius 2 is 1.92 bits per heavy atom. The molecule has 4 heterocycles. The van der Waals surface area contributed by atoms with Crippen LogP contribution in [0, 0.1) is 0 Å². The highest BCUT2D eigenvalue weighted by molar-refractivity contribution is 5.55. The quantitative estimate of drug-likeness (QED) is 0.765. The lowest BCUT2D eigenvalue weighted by Crippen LogP contribution is -2.55. The van der Waals surface area contributed by atoms with Gasteiger partial charge in [-0.25, -0.2) is 4.98 Å². The molecule has 134 valence electrons. The number of likely N-dealkylation sites (N-methyl/N-ethyl adjacent to an activating group) is 1. The predicted molar refractivity (Wildman–Crippen MR) is 97.8 cm³/mol. The van der Waals surface area contributed by atoms with E-state index < -0.39 is 0 Å². The SMILES string of the molecule is CN1CCc2[nH]cnc2C12CCN(c1nc(-c3ccccc3)no1)CC2. The number of hydrogen-bond donors (Lipinski definition) is 1. The molecule has 26 heavy (non-hydrogen) atoms. The molecule has 0 bridgehead atoms. The molecule has 2 aromatic heterocycles. The molecule has 2 aliphatic rings. The van der Waals surface area contributed by atoms with Crippen molar-refractivity contribution in [2.24, 2.45) is 0 Å². The lowest BCUT2D eigenvalue weighted by atomic mass is 9.79. The minimum absolute atomic E-state index is 0.0202. The van der Waals surface area contributed by atoms with Gasteiger partial charge < -0.3 is 14.4 Å². The normalized spacial score (nSPS) is 19.7. The number of rotatable bonds is 2. The third-order valence-electron chi connectivity index (χ3n) is 5.90. The van der Waals surface area contributed by atoms with Gasteiger partial charge in [0.25, 0.3) is 0 Å². The van der Waals surface area contributed by atoms with Gasteiger partial charge in [-0.15, -0.1) is 0 Å². The molecule has 0 radical (unpaired) electrons. The second kappa shape index (κ2) is 5.95. The van der Waals surface area contributed by atoms with E-state index in [0.29, 0.717) is 11.8 Å². The van der Waals surface area contributed by atoms with Gasteiger partial charge in [0.15, 0.2) is 0 Å². The molecule has 0 saturated carbocycles. The van der Waals surface area contributed by atoms with E-state index in [1.54, 1.807) is 0 Å². The van der Waals surface area contributed by atoms with Gasteiger partial charge >= 0.3 is 6.01 Å². The van der Waals surface area contributed by atoms with Gasteiger partial charge in [-0.2, -0.15) is 4.98 Å². The zero-order valence-corrected chi connectivity index (χ0v) is 14.9. The Labute approximate surface area is 152 Å². The first-order valence-electron chi connectivity index (χ1n) is 9.14. The summed E-state index contributed by atoms with van der Waals surface area (Å²) in [5.74, 6) is 0.644. The first-order valence-corrected chi connectivity index (χ1v) is 9.14. The van der Waals surface area contributed by atoms with E-state index in [9.17, 15) is 0 Å². The Hall–Kier alpha value is -2.67. The van der Waals surface area contributed by atoms with Crippen molar-refractivity contribution in [3.8, 4) is 11.4 Å². The van der Waals surface area contributed by atoms with Crippen molar-refractivity contribution in [1.82, 2.24) is 25.0 Å². The van der Waals surface area contributed by atoms with Gasteiger partial charge in [-0.3, -0.25) is 4.90 Å². The fourth-order valence-corrected chi connectivity index (χ4v) is 4.32. The highest BCUT2D eigenvalue weighted by atomic mass is 16.5. The van der Waals surface area contributed by atoms with Crippen LogP contribution in [-0.4, -0.2) is 51.7 Å². The predicted octanol–water partition coefficient (Wildman–Crippen LogP) is 2.44. The number of anilines is 1. The molecule has 0 unspecified atom stereocenters. The number of fused-ring (bicyclic) bond motifs is 2. The van der Waals surface area contributed by atoms with E-state index in [4.69, 9.17) is 4.52 Å². The fourth-order valence-electron chi connectivity index (χ4n) is 4.32. The molecular weight excluding hydrogens is 328 g/mol. The Morgan fingerprint density at radius 3 is 2.73 bits per heavy atom. The third kappa shape index (κ3) is 2.34. The molecule has 7 heteroatoms. The average molecular weight is 350 g/mol. The van der Waals surface area contributed by atoms with Crippen LogP contribution >= 0.6 is 0 Å². The monoisotopic (exact) mass is 350 g/mol. The number of nitrogens with zero attached hydrogens (tertiary/aromatic N) is 5. The van der Waals surface area contributed by atoms with Crippen LogP contribution in [0.4, 0.5) is 6.01 Å². The Bertz CT molecular complexity index is 894. The molecule has 7 nitrogen and oxygen atoms in total. The minimum Gasteiger partial charge on any atom is -0.348 e. The van der Waals surface area contributed by atoms with Crippen LogP contribution < -0.4 is 4.90 Å². The van der Waals surface area contributed by atoms with Gasteiger partial charge in [0.1, 0.15) is 0 Å². The molecule has 3 aromatic rings. The van der Waals surface area contributed by atoms with Gasteiger partial charge in [-0.05, 0) is 19.9 Å². The lowest BCUT2D eigenvalue weighted by Gasteiger charge is -2.48. The van der Waals surface area contributed by atoms with Crippen molar-refractivity contribution in [2.75, 3.05) is 31.6 Å². The van der Waals surface area contributed by atoms with E-state index in [1.807, 2.05) is 36.7 Å². The van der Waals surface area contributed by atoms with Crippen molar-refractivity contribution < 1.29 is 4.52 Å². The summed E-state index contributed by atoms with van der Waals surface area (Å²) in [6.45, 7) is 2.83. The van der Waals surface area contributed by atoms with Crippen LogP contribution in [0.5, 0.6) is 0 Å². The standard InChI is InChI=1S/C19H22N6O/c1-24-10-7-15-16(21-13-20-15)19(24)8-11-25(12-9-19)18-22-17(23-26-18)14-5-3-2-4-6-14/h2-6,13H,7-12H2,1H3,(H,20,21). The lowest BCUT2D eigenvalue weighted by molar-refractivity contribution is 0.0701. The molecule has 1 fully saturated rings. The number of benzene rings is 1. The van der Waals surface area contributed by atoms with Crippen molar-refractivity contribution in [1.29, 1.82) is 0 Å². The maximum absolute atomic E-state index is 5.55. The highest BCUT2D eigenvalue weighted by Crippen LogP contribution is 2.41. The van der Waals surface area contributed by atoms with Crippen molar-refractivity contribution in [3.63, 3.8) is 0 Å². The van der Waals surface area contributed by atoms with E-state index in [1.165, 1.54) is 11.4 Å². The summed E-state index contributed by atoms with van der Waals surface area (Å²) in [5.41, 5.74) is 3.51. The number of H-pyrrole nitrogens is 1. The average Bonchev–Trinajstić information content (AvgIpc) is 3.36. The second-order valence-corrected chi connectivity index (χ2v) is 7.19. The van der Waals surface area contributed by atoms with Crippen LogP contribution in [0.3, 0.4) is 0 Å². The molecule has 5 rings (SSSR count). The fraction of sp³-hybridized carbons (Fsp3) is 0.421. The molecule has 0 aliphatic carbocycles. The number of aromatic amines is 1. The Balaban J connectivity index is 1.36. The van der Waals surface area contributed by atoms with Crippen molar-refractivity contribution in [3.05, 3.63) is 48.0 Å². The summed E-state index contributed by atoms with van der Waals surface area (Å²) in [5, 5.41) is 4.15. The van der Waals surface area contributed by atoms with Gasteiger partial charge in [-0.1, -0.05) is 35.5 Å². The maximum atomic E-state index is 5.55. The summed E-state index contributed by atoms with van der Waals surface area (Å²) in [7, 11) is 2.22. The molecule has 0 amide bonds. The van der Waals surface area contributed by atoms with Crippen LogP contribution in [-0.2, 0) is 12.0 Å². The molecule has 1 aromatic carbocycles. The summed E-state index contributed by atoms with van der Waals surface area (Å²) in [6, 6.07) is 10.6. The van der Waals surface area contributed by atoms with E-state index in [-0.39, 0.29) is 5.54 Å². The van der Waals surface area contributed by atoms with Crippen molar-refractivity contribution >= 4 is 6.01 Å². The molecule has 1 saturated heterocycles. The number of nitrogens with one attached hydrogen (secondary N) is 1. The van der Waals surface area contributed by atoms with Crippen LogP contribution in [0.25, 0.3) is 11.4 Å². The largest absolute Gasteiger partial charge is 0.348 e. The topological polar surface area (TPSA) is 74.1 Å². The number of hydrogen-bond acceptors (Lipinski definition) is 6. The van der Waals surface area contributed by atoms with Gasteiger partial charge in [0.2, 0.25) is 5.82 Å². The summed E-state index contributed by atoms with van der Waals surface area (Å²) in [4.78, 5) is 17.2. The van der Waals surface area contributed by atoms with Crippen LogP contribution in [0.1, 0.15) is 24.2 Å². The van der Waals surface area contributed by atoms with Gasteiger partial charge in [0.05, 0.1) is 17.6 Å². The third-order valence-corrected chi connectivity index (χ3v) is 5.90. The van der Waals surface area contributed by atoms with Crippen LogP contribution in [0.2, 0.25) is 0 Å². The number of imidazole rings is 1.